The van der Waals surface area contributed by atoms with E-state index in [0.717, 1.165) is 0 Å². The first kappa shape index (κ1) is 14.1. The Morgan fingerprint density at radius 1 is 1.47 bits per heavy atom. The van der Waals surface area contributed by atoms with Gasteiger partial charge in [-0.2, -0.15) is 5.26 Å². The van der Waals surface area contributed by atoms with Gasteiger partial charge in [0.1, 0.15) is 6.04 Å². The molecule has 0 aliphatic rings. The third kappa shape index (κ3) is 4.41. The first-order chi connectivity index (χ1) is 9.06. The lowest BCUT2D eigenvalue weighted by atomic mass is 10.2. The van der Waals surface area contributed by atoms with Crippen LogP contribution in [0.2, 0.25) is 0 Å². The van der Waals surface area contributed by atoms with Gasteiger partial charge >= 0.3 is 12.0 Å². The molecule has 0 aliphatic heterocycles. The Morgan fingerprint density at radius 2 is 2.21 bits per heavy atom. The highest BCUT2D eigenvalue weighted by Gasteiger charge is 2.18. The van der Waals surface area contributed by atoms with Crippen LogP contribution in [0.15, 0.2) is 24.3 Å². The molecule has 6 nitrogen and oxygen atoms in total. The van der Waals surface area contributed by atoms with Crippen LogP contribution < -0.4 is 10.6 Å². The zero-order chi connectivity index (χ0) is 14.3. The number of benzene rings is 1. The number of hydrogen-bond donors (Lipinski definition) is 3. The second-order valence-electron chi connectivity index (χ2n) is 3.59. The number of amides is 2. The van der Waals surface area contributed by atoms with Gasteiger partial charge in [-0.15, -0.1) is 12.3 Å². The number of rotatable bonds is 4. The molecule has 3 N–H and O–H groups in total. The third-order valence-corrected chi connectivity index (χ3v) is 2.17. The highest BCUT2D eigenvalue weighted by atomic mass is 16.4. The Kier molecular flexibility index (Phi) is 4.94. The van der Waals surface area contributed by atoms with E-state index in [-0.39, 0.29) is 6.42 Å². The van der Waals surface area contributed by atoms with Gasteiger partial charge in [0.25, 0.3) is 0 Å². The average Bonchev–Trinajstić information content (AvgIpc) is 2.38. The molecule has 1 unspecified atom stereocenters. The molecule has 1 rings (SSSR count). The molecule has 2 amide bonds. The highest BCUT2D eigenvalue weighted by Crippen LogP contribution is 2.09. The average molecular weight is 257 g/mol. The van der Waals surface area contributed by atoms with Crippen LogP contribution in [-0.2, 0) is 4.79 Å². The molecule has 1 aromatic carbocycles. The number of hydrogen-bond acceptors (Lipinski definition) is 3. The number of aliphatic carboxylic acids is 1. The lowest BCUT2D eigenvalue weighted by Crippen LogP contribution is -2.42. The van der Waals surface area contributed by atoms with Crippen molar-refractivity contribution in [1.29, 1.82) is 5.26 Å². The number of anilines is 1. The molecule has 0 aromatic heterocycles. The summed E-state index contributed by atoms with van der Waals surface area (Å²) in [6, 6.07) is 6.32. The monoisotopic (exact) mass is 257 g/mol. The molecule has 6 heteroatoms. The fourth-order valence-corrected chi connectivity index (χ4v) is 1.31. The lowest BCUT2D eigenvalue weighted by Gasteiger charge is -2.12. The molecule has 0 spiro atoms. The van der Waals surface area contributed by atoms with Crippen LogP contribution in [-0.4, -0.2) is 23.1 Å². The Bertz CT molecular complexity index is 569. The summed E-state index contributed by atoms with van der Waals surface area (Å²) < 4.78 is 0. The number of nitriles is 1. The van der Waals surface area contributed by atoms with E-state index in [9.17, 15) is 9.59 Å². The maximum atomic E-state index is 11.6. The van der Waals surface area contributed by atoms with E-state index in [1.54, 1.807) is 18.2 Å². The van der Waals surface area contributed by atoms with Crippen molar-refractivity contribution in [2.24, 2.45) is 0 Å². The summed E-state index contributed by atoms with van der Waals surface area (Å²) >= 11 is 0. The summed E-state index contributed by atoms with van der Waals surface area (Å²) in [7, 11) is 0. The van der Waals surface area contributed by atoms with Gasteiger partial charge in [0, 0.05) is 12.1 Å². The second kappa shape index (κ2) is 6.67. The number of carbonyl (C=O) groups excluding carboxylic acids is 1. The van der Waals surface area contributed by atoms with Gasteiger partial charge < -0.3 is 15.7 Å². The SMILES string of the molecule is C#CCC(NC(=O)Nc1cccc(C#N)c1)C(=O)O. The van der Waals surface area contributed by atoms with Crippen LogP contribution in [0, 0.1) is 23.7 Å². The molecule has 0 radical (unpaired) electrons. The number of nitrogens with zero attached hydrogens (tertiary/aromatic N) is 1. The van der Waals surface area contributed by atoms with Crippen LogP contribution in [0.5, 0.6) is 0 Å². The van der Waals surface area contributed by atoms with E-state index in [4.69, 9.17) is 16.8 Å². The number of nitrogens with one attached hydrogen (secondary N) is 2. The fraction of sp³-hybridized carbons (Fsp3) is 0.154. The van der Waals surface area contributed by atoms with Gasteiger partial charge in [-0.3, -0.25) is 0 Å². The molecule has 0 heterocycles. The van der Waals surface area contributed by atoms with Gasteiger partial charge in [-0.25, -0.2) is 9.59 Å². The highest BCUT2D eigenvalue weighted by molar-refractivity contribution is 5.92. The maximum absolute atomic E-state index is 11.6. The largest absolute Gasteiger partial charge is 0.480 e. The summed E-state index contributed by atoms with van der Waals surface area (Å²) in [6.45, 7) is 0. The van der Waals surface area contributed by atoms with E-state index < -0.39 is 18.0 Å². The Balaban J connectivity index is 2.67. The minimum atomic E-state index is -1.21. The molecule has 0 saturated carbocycles. The van der Waals surface area contributed by atoms with Crippen molar-refractivity contribution in [2.45, 2.75) is 12.5 Å². The number of carboxylic acid groups (broad SMARTS) is 1. The quantitative estimate of drug-likeness (QED) is 0.704. The van der Waals surface area contributed by atoms with Crippen molar-refractivity contribution in [2.75, 3.05) is 5.32 Å². The van der Waals surface area contributed by atoms with E-state index in [2.05, 4.69) is 16.6 Å². The second-order valence-corrected chi connectivity index (χ2v) is 3.59. The normalized spacial score (nSPS) is 10.6. The van der Waals surface area contributed by atoms with E-state index in [0.29, 0.717) is 11.3 Å². The summed E-state index contributed by atoms with van der Waals surface area (Å²) in [5.41, 5.74) is 0.776. The maximum Gasteiger partial charge on any atom is 0.327 e. The third-order valence-electron chi connectivity index (χ3n) is 2.17. The zero-order valence-electron chi connectivity index (χ0n) is 9.88. The van der Waals surface area contributed by atoms with Crippen LogP contribution in [0.3, 0.4) is 0 Å². The van der Waals surface area contributed by atoms with Crippen molar-refractivity contribution in [3.63, 3.8) is 0 Å². The lowest BCUT2D eigenvalue weighted by molar-refractivity contribution is -0.139. The molecule has 0 saturated heterocycles. The van der Waals surface area contributed by atoms with Crippen molar-refractivity contribution in [1.82, 2.24) is 5.32 Å². The fourth-order valence-electron chi connectivity index (χ4n) is 1.31. The molecule has 0 fully saturated rings. The minimum Gasteiger partial charge on any atom is -0.480 e. The topological polar surface area (TPSA) is 102 Å². The number of carboxylic acids is 1. The molecule has 1 atom stereocenters. The summed E-state index contributed by atoms with van der Waals surface area (Å²) in [5.74, 6) is 0.961. The Labute approximate surface area is 110 Å². The predicted molar refractivity (Wildman–Crippen MR) is 68.2 cm³/mol. The number of terminal acetylenes is 1. The smallest absolute Gasteiger partial charge is 0.327 e. The van der Waals surface area contributed by atoms with Crippen molar-refractivity contribution < 1.29 is 14.7 Å². The molecule has 0 bridgehead atoms. The van der Waals surface area contributed by atoms with Crippen molar-refractivity contribution in [3.05, 3.63) is 29.8 Å². The Hall–Kier alpha value is -2.99. The number of carbonyl (C=O) groups is 2. The first-order valence-corrected chi connectivity index (χ1v) is 5.30. The first-order valence-electron chi connectivity index (χ1n) is 5.30. The van der Waals surface area contributed by atoms with Gasteiger partial charge in [-0.05, 0) is 18.2 Å². The molecule has 1 aromatic rings. The molecule has 96 valence electrons. The van der Waals surface area contributed by atoms with Crippen LogP contribution >= 0.6 is 0 Å². The molecule has 0 aliphatic carbocycles. The predicted octanol–water partition coefficient (Wildman–Crippen LogP) is 1.16. The van der Waals surface area contributed by atoms with Gasteiger partial charge in [-0.1, -0.05) is 6.07 Å². The molecular weight excluding hydrogens is 246 g/mol. The zero-order valence-corrected chi connectivity index (χ0v) is 9.88. The molecule has 19 heavy (non-hydrogen) atoms. The number of urea groups is 1. The van der Waals surface area contributed by atoms with Crippen LogP contribution in [0.4, 0.5) is 10.5 Å². The van der Waals surface area contributed by atoms with Gasteiger partial charge in [0.15, 0.2) is 0 Å². The summed E-state index contributed by atoms with van der Waals surface area (Å²) in [4.78, 5) is 22.4. The van der Waals surface area contributed by atoms with Gasteiger partial charge in [0.2, 0.25) is 0 Å². The summed E-state index contributed by atoms with van der Waals surface area (Å²) in [5, 5.41) is 22.2. The molecular formula is C13H11N3O3. The Morgan fingerprint density at radius 3 is 2.79 bits per heavy atom. The van der Waals surface area contributed by atoms with Crippen molar-refractivity contribution in [3.8, 4) is 18.4 Å². The standard InChI is InChI=1S/C13H11N3O3/c1-2-4-11(12(17)18)16-13(19)15-10-6-3-5-9(7-10)8-14/h1,3,5-7,11H,4H2,(H,17,18)(H2,15,16,19). The van der Waals surface area contributed by atoms with E-state index in [1.807, 2.05) is 6.07 Å². The minimum absolute atomic E-state index is 0.110. The van der Waals surface area contributed by atoms with Crippen LogP contribution in [0.25, 0.3) is 0 Å². The van der Waals surface area contributed by atoms with Crippen molar-refractivity contribution >= 4 is 17.7 Å². The van der Waals surface area contributed by atoms with Crippen LogP contribution in [0.1, 0.15) is 12.0 Å². The van der Waals surface area contributed by atoms with Gasteiger partial charge in [0.05, 0.1) is 11.6 Å². The van der Waals surface area contributed by atoms with E-state index in [1.165, 1.54) is 6.07 Å². The summed E-state index contributed by atoms with van der Waals surface area (Å²) in [6.07, 6.45) is 4.90. The van der Waals surface area contributed by atoms with E-state index >= 15 is 0 Å².